The van der Waals surface area contributed by atoms with Crippen LogP contribution in [0.25, 0.3) is 0 Å². The van der Waals surface area contributed by atoms with E-state index >= 15 is 0 Å². The molecular formula is C15H21ClN2O3. The lowest BCUT2D eigenvalue weighted by molar-refractivity contribution is -0.123. The van der Waals surface area contributed by atoms with E-state index < -0.39 is 0 Å². The summed E-state index contributed by atoms with van der Waals surface area (Å²) in [4.78, 5) is 11.8. The van der Waals surface area contributed by atoms with Crippen LogP contribution < -0.4 is 20.1 Å². The quantitative estimate of drug-likeness (QED) is 0.874. The van der Waals surface area contributed by atoms with Gasteiger partial charge in [-0.15, -0.1) is 0 Å². The van der Waals surface area contributed by atoms with Crippen LogP contribution in [0.5, 0.6) is 11.5 Å². The highest BCUT2D eigenvalue weighted by Crippen LogP contribution is 2.38. The van der Waals surface area contributed by atoms with Crippen molar-refractivity contribution < 1.29 is 14.3 Å². The number of rotatable bonds is 5. The van der Waals surface area contributed by atoms with Crippen LogP contribution >= 0.6 is 11.6 Å². The maximum atomic E-state index is 11.8. The molecule has 116 valence electrons. The summed E-state index contributed by atoms with van der Waals surface area (Å²) in [6.07, 6.45) is 0. The third-order valence-electron chi connectivity index (χ3n) is 3.09. The average molecular weight is 313 g/mol. The summed E-state index contributed by atoms with van der Waals surface area (Å²) in [6.45, 7) is 7.26. The van der Waals surface area contributed by atoms with E-state index in [1.165, 1.54) is 0 Å². The minimum atomic E-state index is -0.278. The highest BCUT2D eigenvalue weighted by atomic mass is 35.5. The summed E-state index contributed by atoms with van der Waals surface area (Å²) in [5.41, 5.74) is 0.952. The standard InChI is InChI=1S/C15H21ClN2O3/c1-9(2)18-15(19)10(3)17-8-11-6-12(16)14-13(7-11)20-4-5-21-14/h6-7,9-10,17H,4-5,8H2,1-3H3,(H,18,19). The van der Waals surface area contributed by atoms with Crippen LogP contribution in [0.4, 0.5) is 0 Å². The van der Waals surface area contributed by atoms with Crippen LogP contribution in [-0.4, -0.2) is 31.2 Å². The van der Waals surface area contributed by atoms with Crippen molar-refractivity contribution in [2.75, 3.05) is 13.2 Å². The van der Waals surface area contributed by atoms with Gasteiger partial charge in [0.05, 0.1) is 11.1 Å². The lowest BCUT2D eigenvalue weighted by Gasteiger charge is -2.21. The number of nitrogens with one attached hydrogen (secondary N) is 2. The molecule has 0 aromatic heterocycles. The number of carbonyl (C=O) groups excluding carboxylic acids is 1. The van der Waals surface area contributed by atoms with E-state index in [0.29, 0.717) is 36.3 Å². The fourth-order valence-electron chi connectivity index (χ4n) is 2.04. The Hall–Kier alpha value is -1.46. The van der Waals surface area contributed by atoms with Gasteiger partial charge in [-0.25, -0.2) is 0 Å². The number of benzene rings is 1. The highest BCUT2D eigenvalue weighted by Gasteiger charge is 2.18. The van der Waals surface area contributed by atoms with E-state index in [9.17, 15) is 4.79 Å². The van der Waals surface area contributed by atoms with Crippen molar-refractivity contribution in [3.8, 4) is 11.5 Å². The molecule has 2 rings (SSSR count). The zero-order valence-corrected chi connectivity index (χ0v) is 13.3. The molecule has 0 bridgehead atoms. The molecule has 1 atom stereocenters. The molecule has 1 aromatic rings. The fourth-order valence-corrected chi connectivity index (χ4v) is 2.33. The summed E-state index contributed by atoms with van der Waals surface area (Å²) in [6, 6.07) is 3.57. The van der Waals surface area contributed by atoms with Crippen LogP contribution in [0, 0.1) is 0 Å². The lowest BCUT2D eigenvalue weighted by Crippen LogP contribution is -2.44. The first-order valence-corrected chi connectivity index (χ1v) is 7.47. The monoisotopic (exact) mass is 312 g/mol. The molecule has 1 unspecified atom stereocenters. The number of ether oxygens (including phenoxy) is 2. The normalized spacial score (nSPS) is 14.9. The Balaban J connectivity index is 1.97. The first-order valence-electron chi connectivity index (χ1n) is 7.09. The van der Waals surface area contributed by atoms with E-state index in [1.54, 1.807) is 0 Å². The molecule has 6 heteroatoms. The third-order valence-corrected chi connectivity index (χ3v) is 3.37. The minimum Gasteiger partial charge on any atom is -0.486 e. The van der Waals surface area contributed by atoms with Crippen molar-refractivity contribution in [1.29, 1.82) is 0 Å². The summed E-state index contributed by atoms with van der Waals surface area (Å²) in [7, 11) is 0. The molecule has 0 spiro atoms. The van der Waals surface area contributed by atoms with Gasteiger partial charge >= 0.3 is 0 Å². The van der Waals surface area contributed by atoms with Gasteiger partial charge in [-0.05, 0) is 38.5 Å². The van der Waals surface area contributed by atoms with Crippen molar-refractivity contribution in [3.05, 3.63) is 22.7 Å². The maximum Gasteiger partial charge on any atom is 0.237 e. The van der Waals surface area contributed by atoms with Gasteiger partial charge in [0, 0.05) is 12.6 Å². The molecule has 5 nitrogen and oxygen atoms in total. The van der Waals surface area contributed by atoms with Gasteiger partial charge in [0.15, 0.2) is 11.5 Å². The average Bonchev–Trinajstić information content (AvgIpc) is 2.44. The predicted octanol–water partition coefficient (Wildman–Crippen LogP) is 2.11. The summed E-state index contributed by atoms with van der Waals surface area (Å²) in [5.74, 6) is 1.23. The molecule has 0 saturated heterocycles. The number of amides is 1. The lowest BCUT2D eigenvalue weighted by atomic mass is 10.1. The Morgan fingerprint density at radius 1 is 1.29 bits per heavy atom. The Morgan fingerprint density at radius 2 is 2.00 bits per heavy atom. The van der Waals surface area contributed by atoms with Crippen LogP contribution in [0.15, 0.2) is 12.1 Å². The number of carbonyl (C=O) groups is 1. The van der Waals surface area contributed by atoms with E-state index in [4.69, 9.17) is 21.1 Å². The smallest absolute Gasteiger partial charge is 0.237 e. The first kappa shape index (κ1) is 15.9. The van der Waals surface area contributed by atoms with Crippen molar-refractivity contribution in [3.63, 3.8) is 0 Å². The first-order chi connectivity index (χ1) is 9.97. The van der Waals surface area contributed by atoms with Crippen molar-refractivity contribution in [1.82, 2.24) is 10.6 Å². The second-order valence-electron chi connectivity index (χ2n) is 5.37. The summed E-state index contributed by atoms with van der Waals surface area (Å²) in [5, 5.41) is 6.57. The molecule has 1 aromatic carbocycles. The van der Waals surface area contributed by atoms with Gasteiger partial charge in [-0.3, -0.25) is 4.79 Å². The zero-order chi connectivity index (χ0) is 15.4. The van der Waals surface area contributed by atoms with E-state index in [2.05, 4.69) is 10.6 Å². The van der Waals surface area contributed by atoms with Gasteiger partial charge in [-0.2, -0.15) is 0 Å². The molecule has 1 aliphatic rings. The topological polar surface area (TPSA) is 59.6 Å². The molecule has 0 fully saturated rings. The molecule has 1 heterocycles. The Morgan fingerprint density at radius 3 is 2.71 bits per heavy atom. The Labute approximate surface area is 130 Å². The number of halogens is 1. The van der Waals surface area contributed by atoms with Crippen LogP contribution in [0.1, 0.15) is 26.3 Å². The fraction of sp³-hybridized carbons (Fsp3) is 0.533. The van der Waals surface area contributed by atoms with Gasteiger partial charge in [0.2, 0.25) is 5.91 Å². The molecule has 1 aliphatic heterocycles. The molecule has 2 N–H and O–H groups in total. The van der Waals surface area contributed by atoms with E-state index in [0.717, 1.165) is 5.56 Å². The number of hydrogen-bond donors (Lipinski definition) is 2. The number of fused-ring (bicyclic) bond motifs is 1. The molecule has 0 aliphatic carbocycles. The van der Waals surface area contributed by atoms with E-state index in [-0.39, 0.29) is 18.0 Å². The second-order valence-corrected chi connectivity index (χ2v) is 5.77. The summed E-state index contributed by atoms with van der Waals surface area (Å²) < 4.78 is 11.0. The largest absolute Gasteiger partial charge is 0.486 e. The third kappa shape index (κ3) is 4.25. The number of hydrogen-bond acceptors (Lipinski definition) is 4. The highest BCUT2D eigenvalue weighted by molar-refractivity contribution is 6.32. The molecule has 21 heavy (non-hydrogen) atoms. The Kier molecular flexibility index (Phi) is 5.31. The van der Waals surface area contributed by atoms with Gasteiger partial charge in [0.1, 0.15) is 13.2 Å². The predicted molar refractivity (Wildman–Crippen MR) is 82.0 cm³/mol. The maximum absolute atomic E-state index is 11.8. The van der Waals surface area contributed by atoms with Gasteiger partial charge < -0.3 is 20.1 Å². The zero-order valence-electron chi connectivity index (χ0n) is 12.5. The van der Waals surface area contributed by atoms with Crippen LogP contribution in [0.2, 0.25) is 5.02 Å². The van der Waals surface area contributed by atoms with Crippen molar-refractivity contribution >= 4 is 17.5 Å². The van der Waals surface area contributed by atoms with E-state index in [1.807, 2.05) is 32.9 Å². The van der Waals surface area contributed by atoms with Crippen molar-refractivity contribution in [2.45, 2.75) is 39.4 Å². The Bertz CT molecular complexity index is 520. The van der Waals surface area contributed by atoms with Crippen molar-refractivity contribution in [2.24, 2.45) is 0 Å². The molecule has 1 amide bonds. The van der Waals surface area contributed by atoms with Gasteiger partial charge in [0.25, 0.3) is 0 Å². The van der Waals surface area contributed by atoms with Crippen LogP contribution in [-0.2, 0) is 11.3 Å². The molecule has 0 saturated carbocycles. The van der Waals surface area contributed by atoms with Crippen LogP contribution in [0.3, 0.4) is 0 Å². The second kappa shape index (κ2) is 7.00. The minimum absolute atomic E-state index is 0.0198. The summed E-state index contributed by atoms with van der Waals surface area (Å²) >= 11 is 6.18. The SMILES string of the molecule is CC(C)NC(=O)C(C)NCc1cc(Cl)c2c(c1)OCCO2. The van der Waals surface area contributed by atoms with Gasteiger partial charge in [-0.1, -0.05) is 11.6 Å². The molecule has 0 radical (unpaired) electrons. The molecular weight excluding hydrogens is 292 g/mol.